The predicted octanol–water partition coefficient (Wildman–Crippen LogP) is 0.631. The smallest absolute Gasteiger partial charge is 0.340 e. The number of urea groups is 1. The van der Waals surface area contributed by atoms with Crippen molar-refractivity contribution in [2.24, 2.45) is 0 Å². The van der Waals surface area contributed by atoms with Gasteiger partial charge in [-0.25, -0.2) is 9.59 Å². The van der Waals surface area contributed by atoms with E-state index in [4.69, 9.17) is 22.1 Å². The lowest BCUT2D eigenvalue weighted by Gasteiger charge is -2.12. The first-order valence-corrected chi connectivity index (χ1v) is 6.17. The van der Waals surface area contributed by atoms with Crippen molar-refractivity contribution >= 4 is 35.2 Å². The van der Waals surface area contributed by atoms with Gasteiger partial charge in [0.1, 0.15) is 0 Å². The van der Waals surface area contributed by atoms with Crippen LogP contribution < -0.4 is 11.1 Å². The second kappa shape index (κ2) is 5.79. The molecule has 3 N–H and O–H groups in total. The molecule has 1 aliphatic rings. The van der Waals surface area contributed by atoms with Crippen LogP contribution >= 0.6 is 11.6 Å². The number of ether oxygens (including phenoxy) is 1. The van der Waals surface area contributed by atoms with E-state index in [1.165, 1.54) is 18.2 Å². The first-order chi connectivity index (χ1) is 9.49. The van der Waals surface area contributed by atoms with Crippen LogP contribution in [0.2, 0.25) is 5.02 Å². The molecule has 20 heavy (non-hydrogen) atoms. The summed E-state index contributed by atoms with van der Waals surface area (Å²) in [5.41, 5.74) is 5.91. The van der Waals surface area contributed by atoms with Gasteiger partial charge in [-0.3, -0.25) is 9.69 Å². The van der Waals surface area contributed by atoms with Gasteiger partial charge in [-0.1, -0.05) is 11.6 Å². The summed E-state index contributed by atoms with van der Waals surface area (Å²) in [6.45, 7) is 0.134. The van der Waals surface area contributed by atoms with Crippen LogP contribution in [0, 0.1) is 0 Å². The van der Waals surface area contributed by atoms with Gasteiger partial charge in [0, 0.05) is 23.8 Å². The monoisotopic (exact) mass is 297 g/mol. The Labute approximate surface area is 119 Å². The van der Waals surface area contributed by atoms with Gasteiger partial charge in [0.15, 0.2) is 6.61 Å². The third kappa shape index (κ3) is 3.00. The van der Waals surface area contributed by atoms with Crippen molar-refractivity contribution in [3.8, 4) is 0 Å². The summed E-state index contributed by atoms with van der Waals surface area (Å²) in [5, 5.41) is 2.87. The number of imide groups is 1. The molecule has 1 aromatic rings. The summed E-state index contributed by atoms with van der Waals surface area (Å²) in [6.07, 6.45) is 0. The third-order valence-electron chi connectivity index (χ3n) is 2.72. The van der Waals surface area contributed by atoms with Crippen molar-refractivity contribution < 1.29 is 19.1 Å². The molecule has 8 heteroatoms. The standard InChI is InChI=1S/C12H12ClN3O4/c13-7-1-2-8(9(14)5-7)11(18)20-6-10(17)16-4-3-15-12(16)19/h1-2,5H,3-4,6,14H2,(H,15,19). The largest absolute Gasteiger partial charge is 0.452 e. The summed E-state index contributed by atoms with van der Waals surface area (Å²) in [4.78, 5) is 35.7. The van der Waals surface area contributed by atoms with Crippen molar-refractivity contribution in [1.29, 1.82) is 0 Å². The fourth-order valence-corrected chi connectivity index (χ4v) is 1.89. The number of esters is 1. The third-order valence-corrected chi connectivity index (χ3v) is 2.95. The van der Waals surface area contributed by atoms with E-state index in [2.05, 4.69) is 5.32 Å². The second-order valence-electron chi connectivity index (χ2n) is 4.09. The van der Waals surface area contributed by atoms with E-state index in [1.54, 1.807) is 0 Å². The molecule has 0 saturated carbocycles. The highest BCUT2D eigenvalue weighted by Crippen LogP contribution is 2.18. The Balaban J connectivity index is 1.95. The molecule has 0 aromatic heterocycles. The molecule has 0 aliphatic carbocycles. The number of benzene rings is 1. The molecule has 1 saturated heterocycles. The highest BCUT2D eigenvalue weighted by molar-refractivity contribution is 6.31. The minimum absolute atomic E-state index is 0.119. The van der Waals surface area contributed by atoms with Gasteiger partial charge < -0.3 is 15.8 Å². The zero-order chi connectivity index (χ0) is 14.7. The van der Waals surface area contributed by atoms with Crippen LogP contribution in [0.1, 0.15) is 10.4 Å². The molecule has 2 rings (SSSR count). The maximum absolute atomic E-state index is 11.8. The molecule has 3 amide bonds. The lowest BCUT2D eigenvalue weighted by molar-refractivity contribution is -0.130. The summed E-state index contributed by atoms with van der Waals surface area (Å²) in [7, 11) is 0. The first-order valence-electron chi connectivity index (χ1n) is 5.79. The predicted molar refractivity (Wildman–Crippen MR) is 71.3 cm³/mol. The number of hydrogen-bond acceptors (Lipinski definition) is 5. The minimum atomic E-state index is -0.743. The second-order valence-corrected chi connectivity index (χ2v) is 4.52. The normalized spacial score (nSPS) is 14.1. The van der Waals surface area contributed by atoms with Gasteiger partial charge >= 0.3 is 12.0 Å². The Morgan fingerprint density at radius 3 is 2.80 bits per heavy atom. The van der Waals surface area contributed by atoms with E-state index in [9.17, 15) is 14.4 Å². The molecular weight excluding hydrogens is 286 g/mol. The van der Waals surface area contributed by atoms with Crippen LogP contribution in [0.4, 0.5) is 10.5 Å². The number of carbonyl (C=O) groups is 3. The molecule has 0 bridgehead atoms. The lowest BCUT2D eigenvalue weighted by Crippen LogP contribution is -2.37. The van der Waals surface area contributed by atoms with E-state index in [1.807, 2.05) is 0 Å². The van der Waals surface area contributed by atoms with Crippen molar-refractivity contribution in [1.82, 2.24) is 10.2 Å². The van der Waals surface area contributed by atoms with Crippen LogP contribution in [0.5, 0.6) is 0 Å². The highest BCUT2D eigenvalue weighted by atomic mass is 35.5. The molecule has 0 unspecified atom stereocenters. The Kier molecular flexibility index (Phi) is 4.09. The fraction of sp³-hybridized carbons (Fsp3) is 0.250. The number of amides is 3. The topological polar surface area (TPSA) is 102 Å². The van der Waals surface area contributed by atoms with Gasteiger partial charge in [-0.2, -0.15) is 0 Å². The average molecular weight is 298 g/mol. The highest BCUT2D eigenvalue weighted by Gasteiger charge is 2.27. The van der Waals surface area contributed by atoms with Gasteiger partial charge in [-0.15, -0.1) is 0 Å². The summed E-state index contributed by atoms with van der Waals surface area (Å²) in [5.74, 6) is -1.33. The molecular formula is C12H12ClN3O4. The number of nitrogens with two attached hydrogens (primary N) is 1. The Morgan fingerprint density at radius 1 is 1.45 bits per heavy atom. The number of rotatable bonds is 3. The lowest BCUT2D eigenvalue weighted by atomic mass is 10.2. The van der Waals surface area contributed by atoms with Gasteiger partial charge in [-0.05, 0) is 18.2 Å². The van der Waals surface area contributed by atoms with E-state index >= 15 is 0 Å². The molecule has 1 fully saturated rings. The molecule has 1 aromatic carbocycles. The van der Waals surface area contributed by atoms with E-state index < -0.39 is 24.5 Å². The zero-order valence-electron chi connectivity index (χ0n) is 10.4. The number of anilines is 1. The number of nitrogens with one attached hydrogen (secondary N) is 1. The molecule has 0 atom stereocenters. The number of nitrogen functional groups attached to an aromatic ring is 1. The molecule has 106 valence electrons. The van der Waals surface area contributed by atoms with E-state index in [-0.39, 0.29) is 17.8 Å². The number of nitrogens with zero attached hydrogens (tertiary/aromatic N) is 1. The molecule has 7 nitrogen and oxygen atoms in total. The Bertz CT molecular complexity index is 576. The number of halogens is 1. The summed E-state index contributed by atoms with van der Waals surface area (Å²) in [6, 6.07) is 3.82. The van der Waals surface area contributed by atoms with Gasteiger partial charge in [0.2, 0.25) is 0 Å². The number of carbonyl (C=O) groups excluding carboxylic acids is 3. The fourth-order valence-electron chi connectivity index (χ4n) is 1.71. The van der Waals surface area contributed by atoms with Crippen molar-refractivity contribution in [3.05, 3.63) is 28.8 Å². The zero-order valence-corrected chi connectivity index (χ0v) is 11.1. The molecule has 0 radical (unpaired) electrons. The van der Waals surface area contributed by atoms with Crippen molar-refractivity contribution in [3.63, 3.8) is 0 Å². The molecule has 0 spiro atoms. The maximum atomic E-state index is 11.8. The van der Waals surface area contributed by atoms with E-state index in [0.717, 1.165) is 4.90 Å². The van der Waals surface area contributed by atoms with Crippen LogP contribution in [0.25, 0.3) is 0 Å². The van der Waals surface area contributed by atoms with Crippen molar-refractivity contribution in [2.75, 3.05) is 25.4 Å². The van der Waals surface area contributed by atoms with Gasteiger partial charge in [0.25, 0.3) is 5.91 Å². The molecule has 1 heterocycles. The van der Waals surface area contributed by atoms with Crippen LogP contribution in [0.15, 0.2) is 18.2 Å². The van der Waals surface area contributed by atoms with Gasteiger partial charge in [0.05, 0.1) is 5.56 Å². The van der Waals surface area contributed by atoms with Crippen LogP contribution in [0.3, 0.4) is 0 Å². The molecule has 1 aliphatic heterocycles. The Morgan fingerprint density at radius 2 is 2.20 bits per heavy atom. The quantitative estimate of drug-likeness (QED) is 0.629. The SMILES string of the molecule is Nc1cc(Cl)ccc1C(=O)OCC(=O)N1CCNC1=O. The maximum Gasteiger partial charge on any atom is 0.340 e. The average Bonchev–Trinajstić information content (AvgIpc) is 2.82. The summed E-state index contributed by atoms with van der Waals surface area (Å²) >= 11 is 5.71. The first kappa shape index (κ1) is 14.1. The minimum Gasteiger partial charge on any atom is -0.452 e. The Hall–Kier alpha value is -2.28. The number of hydrogen-bond donors (Lipinski definition) is 2. The summed E-state index contributed by atoms with van der Waals surface area (Å²) < 4.78 is 4.84. The van der Waals surface area contributed by atoms with E-state index in [0.29, 0.717) is 11.6 Å². The van der Waals surface area contributed by atoms with Crippen molar-refractivity contribution in [2.45, 2.75) is 0 Å². The van der Waals surface area contributed by atoms with Crippen LogP contribution in [-0.2, 0) is 9.53 Å². The van der Waals surface area contributed by atoms with Crippen LogP contribution in [-0.4, -0.2) is 42.5 Å².